The quantitative estimate of drug-likeness (QED) is 0.385. The van der Waals surface area contributed by atoms with E-state index in [1.54, 1.807) is 6.20 Å². The Labute approximate surface area is 178 Å². The van der Waals surface area contributed by atoms with Crippen LogP contribution in [0.5, 0.6) is 0 Å². The fraction of sp³-hybridized carbons (Fsp3) is 0. The van der Waals surface area contributed by atoms with E-state index in [2.05, 4.69) is 20.3 Å². The van der Waals surface area contributed by atoms with Gasteiger partial charge in [-0.25, -0.2) is 19.9 Å². The second-order valence-corrected chi connectivity index (χ2v) is 7.12. The molecule has 0 atom stereocenters. The molecule has 5 rings (SSSR count). The highest BCUT2D eigenvalue weighted by atomic mass is 35.5. The van der Waals surface area contributed by atoms with Crippen molar-refractivity contribution in [1.82, 2.24) is 19.9 Å². The summed E-state index contributed by atoms with van der Waals surface area (Å²) in [5, 5.41) is 4.68. The van der Waals surface area contributed by atoms with Crippen molar-refractivity contribution in [1.29, 1.82) is 0 Å². The first kappa shape index (κ1) is 18.2. The molecule has 144 valence electrons. The maximum atomic E-state index is 6.23. The van der Waals surface area contributed by atoms with Crippen LogP contribution in [0.15, 0.2) is 91.1 Å². The number of hydrogen-bond acceptors (Lipinski definition) is 5. The molecule has 0 unspecified atom stereocenters. The summed E-state index contributed by atoms with van der Waals surface area (Å²) in [5.41, 5.74) is 4.40. The molecule has 2 aromatic heterocycles. The minimum atomic E-state index is 0.425. The van der Waals surface area contributed by atoms with E-state index in [0.717, 1.165) is 33.4 Å². The number of nitrogens with zero attached hydrogens (tertiary/aromatic N) is 4. The van der Waals surface area contributed by atoms with Crippen molar-refractivity contribution < 1.29 is 0 Å². The van der Waals surface area contributed by atoms with Crippen molar-refractivity contribution in [3.05, 3.63) is 96.1 Å². The van der Waals surface area contributed by atoms with Gasteiger partial charge in [0.15, 0.2) is 0 Å². The topological polar surface area (TPSA) is 63.6 Å². The summed E-state index contributed by atoms with van der Waals surface area (Å²) >= 11 is 6.23. The van der Waals surface area contributed by atoms with Crippen LogP contribution >= 0.6 is 11.6 Å². The Morgan fingerprint density at radius 3 is 2.17 bits per heavy atom. The van der Waals surface area contributed by atoms with Gasteiger partial charge in [0.05, 0.1) is 16.9 Å². The van der Waals surface area contributed by atoms with Gasteiger partial charge in [-0.1, -0.05) is 72.3 Å². The van der Waals surface area contributed by atoms with Crippen molar-refractivity contribution in [3.8, 4) is 22.5 Å². The van der Waals surface area contributed by atoms with Crippen LogP contribution in [-0.2, 0) is 0 Å². The van der Waals surface area contributed by atoms with Crippen LogP contribution in [0, 0.1) is 0 Å². The number of halogens is 1. The molecule has 0 saturated heterocycles. The first-order valence-electron chi connectivity index (χ1n) is 9.44. The van der Waals surface area contributed by atoms with Crippen LogP contribution < -0.4 is 5.32 Å². The normalized spacial score (nSPS) is 10.8. The molecule has 0 bridgehead atoms. The number of fused-ring (bicyclic) bond motifs is 1. The average Bonchev–Trinajstić information content (AvgIpc) is 2.80. The van der Waals surface area contributed by atoms with Gasteiger partial charge in [0, 0.05) is 27.7 Å². The van der Waals surface area contributed by atoms with Crippen LogP contribution in [0.25, 0.3) is 33.4 Å². The van der Waals surface area contributed by atoms with Gasteiger partial charge in [-0.15, -0.1) is 0 Å². The van der Waals surface area contributed by atoms with Gasteiger partial charge < -0.3 is 0 Å². The van der Waals surface area contributed by atoms with E-state index >= 15 is 0 Å². The highest BCUT2D eigenvalue weighted by Gasteiger charge is 2.12. The Bertz CT molecular complexity index is 1320. The van der Waals surface area contributed by atoms with Crippen LogP contribution in [0.2, 0.25) is 5.02 Å². The minimum absolute atomic E-state index is 0.425. The highest BCUT2D eigenvalue weighted by molar-refractivity contribution is 6.31. The van der Waals surface area contributed by atoms with E-state index in [1.807, 2.05) is 84.9 Å². The first-order chi connectivity index (χ1) is 14.8. The lowest BCUT2D eigenvalue weighted by atomic mass is 10.1. The van der Waals surface area contributed by atoms with Gasteiger partial charge in [-0.2, -0.15) is 0 Å². The maximum absolute atomic E-state index is 6.23. The molecule has 6 heteroatoms. The lowest BCUT2D eigenvalue weighted by Gasteiger charge is -2.10. The number of nitrogens with one attached hydrogen (secondary N) is 1. The van der Waals surface area contributed by atoms with Gasteiger partial charge >= 0.3 is 0 Å². The number of hydrogen-bond donors (Lipinski definition) is 1. The van der Waals surface area contributed by atoms with Crippen molar-refractivity contribution in [2.24, 2.45) is 0 Å². The van der Waals surface area contributed by atoms with E-state index < -0.39 is 0 Å². The van der Waals surface area contributed by atoms with Gasteiger partial charge in [0.1, 0.15) is 0 Å². The molecular formula is C24H16ClN5. The molecule has 0 saturated carbocycles. The second kappa shape index (κ2) is 7.89. The van der Waals surface area contributed by atoms with E-state index in [4.69, 9.17) is 16.6 Å². The summed E-state index contributed by atoms with van der Waals surface area (Å²) in [6, 6.07) is 27.4. The number of aromatic nitrogens is 4. The fourth-order valence-corrected chi connectivity index (χ4v) is 3.43. The van der Waals surface area contributed by atoms with Crippen LogP contribution in [0.3, 0.4) is 0 Å². The predicted octanol–water partition coefficient (Wildman–Crippen LogP) is 6.15. The second-order valence-electron chi connectivity index (χ2n) is 6.68. The standard InChI is InChI=1S/C24H16ClN5/c25-18-11-12-21-19(15-18)22(17-9-5-2-6-10-17)29-24(28-21)30-23-26-14-13-20(27-23)16-7-3-1-4-8-16/h1-15H,(H,26,27,28,29,30). The predicted molar refractivity (Wildman–Crippen MR) is 121 cm³/mol. The Morgan fingerprint density at radius 1 is 0.667 bits per heavy atom. The monoisotopic (exact) mass is 409 g/mol. The molecule has 0 aliphatic carbocycles. The lowest BCUT2D eigenvalue weighted by molar-refractivity contribution is 1.13. The zero-order valence-electron chi connectivity index (χ0n) is 15.8. The number of anilines is 2. The van der Waals surface area contributed by atoms with E-state index in [0.29, 0.717) is 16.9 Å². The summed E-state index contributed by atoms with van der Waals surface area (Å²) in [6.07, 6.45) is 1.72. The molecule has 0 aliphatic heterocycles. The smallest absolute Gasteiger partial charge is 0.230 e. The Morgan fingerprint density at radius 2 is 1.40 bits per heavy atom. The van der Waals surface area contributed by atoms with Gasteiger partial charge in [-0.3, -0.25) is 5.32 Å². The van der Waals surface area contributed by atoms with Crippen LogP contribution in [0.1, 0.15) is 0 Å². The number of benzene rings is 3. The molecule has 1 N–H and O–H groups in total. The molecule has 0 amide bonds. The Balaban J connectivity index is 1.58. The largest absolute Gasteiger partial charge is 0.293 e. The van der Waals surface area contributed by atoms with E-state index in [1.165, 1.54) is 0 Å². The summed E-state index contributed by atoms with van der Waals surface area (Å²) in [6.45, 7) is 0. The molecule has 5 nitrogen and oxygen atoms in total. The molecule has 0 spiro atoms. The highest BCUT2D eigenvalue weighted by Crippen LogP contribution is 2.30. The first-order valence-corrected chi connectivity index (χ1v) is 9.82. The van der Waals surface area contributed by atoms with Crippen LogP contribution in [-0.4, -0.2) is 19.9 Å². The fourth-order valence-electron chi connectivity index (χ4n) is 3.26. The van der Waals surface area contributed by atoms with Gasteiger partial charge in [0.2, 0.25) is 11.9 Å². The minimum Gasteiger partial charge on any atom is -0.293 e. The SMILES string of the molecule is Clc1ccc2nc(Nc3nccc(-c4ccccc4)n3)nc(-c3ccccc3)c2c1. The third-order valence-corrected chi connectivity index (χ3v) is 4.89. The molecular weight excluding hydrogens is 394 g/mol. The summed E-state index contributed by atoms with van der Waals surface area (Å²) < 4.78 is 0. The molecule has 0 fully saturated rings. The maximum Gasteiger partial charge on any atom is 0.230 e. The van der Waals surface area contributed by atoms with Crippen LogP contribution in [0.4, 0.5) is 11.9 Å². The molecule has 0 aliphatic rings. The van der Waals surface area contributed by atoms with E-state index in [-0.39, 0.29) is 0 Å². The van der Waals surface area contributed by atoms with Gasteiger partial charge in [-0.05, 0) is 24.3 Å². The number of rotatable bonds is 4. The van der Waals surface area contributed by atoms with Crippen molar-refractivity contribution >= 4 is 34.4 Å². The molecule has 3 aromatic carbocycles. The summed E-state index contributed by atoms with van der Waals surface area (Å²) in [4.78, 5) is 18.3. The Kier molecular flexibility index (Phi) is 4.79. The van der Waals surface area contributed by atoms with Crippen molar-refractivity contribution in [3.63, 3.8) is 0 Å². The third kappa shape index (κ3) is 3.71. The Hall–Kier alpha value is -3.83. The zero-order chi connectivity index (χ0) is 20.3. The summed E-state index contributed by atoms with van der Waals surface area (Å²) in [7, 11) is 0. The molecule has 30 heavy (non-hydrogen) atoms. The van der Waals surface area contributed by atoms with Crippen molar-refractivity contribution in [2.75, 3.05) is 5.32 Å². The third-order valence-electron chi connectivity index (χ3n) is 4.65. The summed E-state index contributed by atoms with van der Waals surface area (Å²) in [5.74, 6) is 0.859. The van der Waals surface area contributed by atoms with E-state index in [9.17, 15) is 0 Å². The van der Waals surface area contributed by atoms with Gasteiger partial charge in [0.25, 0.3) is 0 Å². The van der Waals surface area contributed by atoms with Crippen molar-refractivity contribution in [2.45, 2.75) is 0 Å². The lowest BCUT2D eigenvalue weighted by Crippen LogP contribution is -2.03. The average molecular weight is 410 g/mol. The molecule has 2 heterocycles. The molecule has 5 aromatic rings. The zero-order valence-corrected chi connectivity index (χ0v) is 16.6. The molecule has 0 radical (unpaired) electrons.